The molecular formula is H6O3P2. The molecule has 0 aliphatic carbocycles. The third-order valence-corrected chi connectivity index (χ3v) is 0. The fraction of sp³-hybridized carbons (Fsp3) is 0. The summed E-state index contributed by atoms with van der Waals surface area (Å²) >= 11 is 0. The Morgan fingerprint density at radius 2 is 1.20 bits per heavy atom. The molecule has 0 aliphatic heterocycles. The Hall–Kier alpha value is 0.740. The molecule has 0 aromatic rings. The monoisotopic (exact) mass is 116 g/mol. The Morgan fingerprint density at radius 3 is 1.20 bits per heavy atom. The fourth-order valence-corrected chi connectivity index (χ4v) is 0. The third kappa shape index (κ3) is 65.0. The Kier molecular flexibility index (Phi) is 1.68. The number of hydrogen-bond acceptors (Lipinski definition) is 3. The van der Waals surface area contributed by atoms with Crippen molar-refractivity contribution in [2.45, 2.75) is 0 Å². The fourth-order valence-electron chi connectivity index (χ4n) is 0. The van der Waals surface area contributed by atoms with Gasteiger partial charge in [-0.15, -0.1) is 0 Å². The van der Waals surface area contributed by atoms with Crippen molar-refractivity contribution in [1.82, 2.24) is 0 Å². The van der Waals surface area contributed by atoms with Crippen LogP contribution in [0.2, 0.25) is 0 Å². The van der Waals surface area contributed by atoms with Gasteiger partial charge in [-0.3, -0.25) is 0 Å². The average molecular weight is 116 g/mol. The molecule has 0 heterocycles. The van der Waals surface area contributed by atoms with Crippen molar-refractivity contribution in [2.24, 2.45) is 0 Å². The predicted molar refractivity (Wildman–Crippen MR) is 24.7 cm³/mol. The van der Waals surface area contributed by atoms with Crippen molar-refractivity contribution in [3.05, 3.63) is 0 Å². The van der Waals surface area contributed by atoms with E-state index in [2.05, 4.69) is 0 Å². The maximum absolute atomic E-state index is 7.73. The summed E-state index contributed by atoms with van der Waals surface area (Å²) in [6.07, 6.45) is 0. The van der Waals surface area contributed by atoms with Crippen molar-refractivity contribution in [1.29, 1.82) is 0 Å². The van der Waals surface area contributed by atoms with E-state index in [1.807, 2.05) is 0 Å². The van der Waals surface area contributed by atoms with Gasteiger partial charge in [0.1, 0.15) is 0 Å². The summed E-state index contributed by atoms with van der Waals surface area (Å²) in [5, 5.41) is 0. The van der Waals surface area contributed by atoms with E-state index in [-0.39, 0.29) is 0 Å². The summed E-state index contributed by atoms with van der Waals surface area (Å²) in [5.41, 5.74) is 0. The van der Waals surface area contributed by atoms with Crippen LogP contribution in [0.5, 0.6) is 0 Å². The van der Waals surface area contributed by atoms with Crippen LogP contribution in [0.4, 0.5) is 0 Å². The predicted octanol–water partition coefficient (Wildman–Crippen LogP) is -0.752. The second-order valence-electron chi connectivity index (χ2n) is 0.687. The molecule has 0 amide bonds. The zero-order valence-corrected chi connectivity index (χ0v) is 4.57. The van der Waals surface area contributed by atoms with Gasteiger partial charge in [-0.1, -0.05) is 0 Å². The Bertz CT molecular complexity index is 20.4. The van der Waals surface area contributed by atoms with Gasteiger partial charge in [0.05, 0.1) is 0 Å². The van der Waals surface area contributed by atoms with Gasteiger partial charge in [-0.2, -0.15) is 0 Å². The normalized spacial score (nSPS) is 15.2. The molecular weight excluding hydrogens is 110 g/mol. The van der Waals surface area contributed by atoms with Gasteiger partial charge in [0.2, 0.25) is 0 Å². The second kappa shape index (κ2) is 1.46. The first-order valence-corrected chi connectivity index (χ1v) is 4.61. The van der Waals surface area contributed by atoms with E-state index in [0.717, 1.165) is 0 Å². The molecule has 0 rings (SSSR count). The van der Waals surface area contributed by atoms with Crippen LogP contribution in [0.1, 0.15) is 0 Å². The molecule has 0 fully saturated rings. The topological polar surface area (TPSA) is 60.7 Å². The van der Waals surface area contributed by atoms with Gasteiger partial charge < -0.3 is 0 Å². The van der Waals surface area contributed by atoms with Crippen LogP contribution in [0.3, 0.4) is 0 Å². The zero-order valence-electron chi connectivity index (χ0n) is 2.42. The van der Waals surface area contributed by atoms with Gasteiger partial charge in [0, 0.05) is 0 Å². The first-order valence-electron chi connectivity index (χ1n) is 0.959. The molecule has 0 radical (unpaired) electrons. The van der Waals surface area contributed by atoms with Gasteiger partial charge in [-0.25, -0.2) is 0 Å². The van der Waals surface area contributed by atoms with E-state index in [1.54, 1.807) is 0 Å². The standard InChI is InChI=1S/H6O3P2/c1-5(2,3)4/h1-3,5H,4H2. The number of rotatable bonds is 0. The van der Waals surface area contributed by atoms with Crippen LogP contribution >= 0.6 is 16.6 Å². The summed E-state index contributed by atoms with van der Waals surface area (Å²) in [4.78, 5) is 23.2. The molecule has 5 heteroatoms. The van der Waals surface area contributed by atoms with Gasteiger partial charge in [0.25, 0.3) is 0 Å². The average Bonchev–Trinajstić information content (AvgIpc) is 0.722. The summed E-state index contributed by atoms with van der Waals surface area (Å²) in [6, 6.07) is 0. The quantitative estimate of drug-likeness (QED) is 0.365. The summed E-state index contributed by atoms with van der Waals surface area (Å²) in [5.74, 6) is 0. The molecule has 1 atom stereocenters. The van der Waals surface area contributed by atoms with Crippen LogP contribution in [0.25, 0.3) is 0 Å². The third-order valence-electron chi connectivity index (χ3n) is 0. The van der Waals surface area contributed by atoms with Crippen molar-refractivity contribution < 1.29 is 14.7 Å². The van der Waals surface area contributed by atoms with E-state index in [9.17, 15) is 0 Å². The Labute approximate surface area is 32.3 Å². The van der Waals surface area contributed by atoms with Gasteiger partial charge in [0.15, 0.2) is 0 Å². The molecule has 0 aromatic carbocycles. The summed E-state index contributed by atoms with van der Waals surface area (Å²) in [6.45, 7) is 0. The molecule has 0 spiro atoms. The van der Waals surface area contributed by atoms with Crippen LogP contribution in [0.15, 0.2) is 0 Å². The van der Waals surface area contributed by atoms with E-state index in [0.29, 0.717) is 0 Å². The first kappa shape index (κ1) is 5.74. The first-order chi connectivity index (χ1) is 2.00. The molecule has 3 nitrogen and oxygen atoms in total. The van der Waals surface area contributed by atoms with Crippen LogP contribution in [-0.2, 0) is 0 Å². The molecule has 1 unspecified atom stereocenters. The minimum absolute atomic E-state index is 1.52. The van der Waals surface area contributed by atoms with Crippen LogP contribution < -0.4 is 0 Å². The van der Waals surface area contributed by atoms with Gasteiger partial charge >= 0.3 is 31.2 Å². The SMILES string of the molecule is O[PH](O)(O)P. The second-order valence-corrected chi connectivity index (χ2v) is 4.39. The molecule has 0 saturated carbocycles. The van der Waals surface area contributed by atoms with Gasteiger partial charge in [-0.05, 0) is 0 Å². The maximum atomic E-state index is 7.73. The summed E-state index contributed by atoms with van der Waals surface area (Å²) < 4.78 is 0. The molecule has 3 N–H and O–H groups in total. The molecule has 0 aromatic heterocycles. The molecule has 34 valence electrons. The molecule has 0 aliphatic rings. The van der Waals surface area contributed by atoms with Crippen molar-refractivity contribution in [3.63, 3.8) is 0 Å². The molecule has 0 saturated heterocycles. The van der Waals surface area contributed by atoms with E-state index in [1.165, 1.54) is 8.93 Å². The Morgan fingerprint density at radius 1 is 1.20 bits per heavy atom. The van der Waals surface area contributed by atoms with Crippen molar-refractivity contribution in [2.75, 3.05) is 0 Å². The zero-order chi connectivity index (χ0) is 4.50. The number of hydrogen-bond donors (Lipinski definition) is 3. The van der Waals surface area contributed by atoms with Crippen LogP contribution in [-0.4, -0.2) is 14.7 Å². The summed E-state index contributed by atoms with van der Waals surface area (Å²) in [7, 11) is -2.17. The van der Waals surface area contributed by atoms with Crippen molar-refractivity contribution in [3.8, 4) is 0 Å². The molecule has 5 heavy (non-hydrogen) atoms. The van der Waals surface area contributed by atoms with E-state index < -0.39 is 7.63 Å². The van der Waals surface area contributed by atoms with Crippen LogP contribution in [0, 0.1) is 0 Å². The Balaban J connectivity index is 3.02. The minimum atomic E-state index is -3.69. The van der Waals surface area contributed by atoms with E-state index in [4.69, 9.17) is 14.7 Å². The van der Waals surface area contributed by atoms with Crippen molar-refractivity contribution >= 4 is 16.6 Å². The molecule has 0 bridgehead atoms. The van der Waals surface area contributed by atoms with E-state index >= 15 is 0 Å².